The molecule has 0 bridgehead atoms. The summed E-state index contributed by atoms with van der Waals surface area (Å²) in [7, 11) is 0. The number of aromatic nitrogens is 3. The summed E-state index contributed by atoms with van der Waals surface area (Å²) in [6.07, 6.45) is 5.21. The lowest BCUT2D eigenvalue weighted by Crippen LogP contribution is -2.39. The molecule has 1 unspecified atom stereocenters. The van der Waals surface area contributed by atoms with Gasteiger partial charge < -0.3 is 9.42 Å². The van der Waals surface area contributed by atoms with E-state index in [-0.39, 0.29) is 11.9 Å². The molecule has 1 fully saturated rings. The summed E-state index contributed by atoms with van der Waals surface area (Å²) in [5.74, 6) is 0.839. The highest BCUT2D eigenvalue weighted by Crippen LogP contribution is 2.36. The third-order valence-electron chi connectivity index (χ3n) is 5.19. The molecule has 140 valence electrons. The van der Waals surface area contributed by atoms with Crippen molar-refractivity contribution < 1.29 is 9.32 Å². The van der Waals surface area contributed by atoms with Gasteiger partial charge in [0.1, 0.15) is 0 Å². The second-order valence-corrected chi connectivity index (χ2v) is 7.29. The van der Waals surface area contributed by atoms with Crippen LogP contribution < -0.4 is 0 Å². The molecule has 1 aliphatic rings. The molecule has 1 aliphatic heterocycles. The Hall–Kier alpha value is -2.89. The van der Waals surface area contributed by atoms with Crippen molar-refractivity contribution in [3.8, 4) is 11.3 Å². The summed E-state index contributed by atoms with van der Waals surface area (Å²) >= 11 is 0. The molecular weight excluding hydrogens is 340 g/mol. The van der Waals surface area contributed by atoms with Crippen molar-refractivity contribution in [1.29, 1.82) is 0 Å². The summed E-state index contributed by atoms with van der Waals surface area (Å²) < 4.78 is 5.43. The van der Waals surface area contributed by atoms with Crippen LogP contribution in [-0.2, 0) is 11.2 Å². The largest absolute Gasteiger partial charge is 0.356 e. The van der Waals surface area contributed by atoms with E-state index in [1.807, 2.05) is 30.0 Å². The Bertz CT molecular complexity index is 926. The first-order chi connectivity index (χ1) is 13.1. The molecule has 27 heavy (non-hydrogen) atoms. The van der Waals surface area contributed by atoms with Gasteiger partial charge in [-0.1, -0.05) is 35.0 Å². The maximum absolute atomic E-state index is 13.1. The summed E-state index contributed by atoms with van der Waals surface area (Å²) in [5.41, 5.74) is 4.89. The number of hydrogen-bond acceptors (Lipinski definition) is 4. The van der Waals surface area contributed by atoms with Crippen LogP contribution in [0.2, 0.25) is 0 Å². The number of hydrogen-bond donors (Lipinski definition) is 1. The number of carbonyl (C=O) groups is 1. The van der Waals surface area contributed by atoms with Gasteiger partial charge in [-0.3, -0.25) is 9.89 Å². The molecule has 0 saturated carbocycles. The van der Waals surface area contributed by atoms with Crippen molar-refractivity contribution in [3.05, 3.63) is 59.0 Å². The number of likely N-dealkylation sites (tertiary alicyclic amines) is 1. The second kappa shape index (κ2) is 7.39. The Balaban J connectivity index is 1.59. The summed E-state index contributed by atoms with van der Waals surface area (Å²) in [4.78, 5) is 15.1. The molecule has 6 nitrogen and oxygen atoms in total. The smallest absolute Gasteiger partial charge is 0.227 e. The summed E-state index contributed by atoms with van der Waals surface area (Å²) in [6.45, 7) is 4.71. The maximum Gasteiger partial charge on any atom is 0.227 e. The molecule has 0 spiro atoms. The number of aromatic amines is 1. The van der Waals surface area contributed by atoms with Crippen LogP contribution in [0, 0.1) is 13.8 Å². The van der Waals surface area contributed by atoms with Gasteiger partial charge in [0.15, 0.2) is 5.76 Å². The molecule has 4 rings (SSSR count). The van der Waals surface area contributed by atoms with E-state index < -0.39 is 0 Å². The highest BCUT2D eigenvalue weighted by molar-refractivity contribution is 5.79. The van der Waals surface area contributed by atoms with Crippen LogP contribution in [0.25, 0.3) is 11.3 Å². The maximum atomic E-state index is 13.1. The molecule has 1 amide bonds. The van der Waals surface area contributed by atoms with E-state index in [0.717, 1.165) is 48.3 Å². The van der Waals surface area contributed by atoms with Crippen molar-refractivity contribution in [3.63, 3.8) is 0 Å². The van der Waals surface area contributed by atoms with Gasteiger partial charge in [-0.25, -0.2) is 0 Å². The van der Waals surface area contributed by atoms with Crippen molar-refractivity contribution in [2.24, 2.45) is 0 Å². The Labute approximate surface area is 158 Å². The van der Waals surface area contributed by atoms with Crippen molar-refractivity contribution in [2.45, 2.75) is 45.6 Å². The molecule has 2 aromatic heterocycles. The standard InChI is InChI=1S/C21H24N4O2/c1-14-6-8-16(9-7-14)12-20(26)25-10-4-3-5-18(25)21-17(13-22-23-21)19-11-15(2)24-27-19/h6-9,11,13,18H,3-5,10,12H2,1-2H3,(H,22,23). The van der Waals surface area contributed by atoms with E-state index >= 15 is 0 Å². The fraction of sp³-hybridized carbons (Fsp3) is 0.381. The number of nitrogens with zero attached hydrogens (tertiary/aromatic N) is 3. The number of rotatable bonds is 4. The van der Waals surface area contributed by atoms with E-state index in [9.17, 15) is 4.79 Å². The fourth-order valence-corrected chi connectivity index (χ4v) is 3.75. The minimum atomic E-state index is -0.0143. The number of carbonyl (C=O) groups excluding carboxylic acids is 1. The van der Waals surface area contributed by atoms with Crippen LogP contribution in [0.3, 0.4) is 0 Å². The molecule has 1 N–H and O–H groups in total. The number of piperidine rings is 1. The molecule has 0 radical (unpaired) electrons. The zero-order chi connectivity index (χ0) is 18.8. The SMILES string of the molecule is Cc1ccc(CC(=O)N2CCCCC2c2[nH]ncc2-c2cc(C)no2)cc1. The van der Waals surface area contributed by atoms with E-state index in [1.54, 1.807) is 6.20 Å². The number of amides is 1. The normalized spacial score (nSPS) is 17.3. The molecule has 6 heteroatoms. The molecule has 3 heterocycles. The monoisotopic (exact) mass is 364 g/mol. The van der Waals surface area contributed by atoms with Crippen molar-refractivity contribution in [1.82, 2.24) is 20.3 Å². The van der Waals surface area contributed by atoms with Crippen LogP contribution >= 0.6 is 0 Å². The minimum Gasteiger partial charge on any atom is -0.356 e. The van der Waals surface area contributed by atoms with Gasteiger partial charge in [-0.05, 0) is 38.7 Å². The highest BCUT2D eigenvalue weighted by Gasteiger charge is 2.31. The molecular formula is C21H24N4O2. The summed E-state index contributed by atoms with van der Waals surface area (Å²) in [6, 6.07) is 10.1. The van der Waals surface area contributed by atoms with Gasteiger partial charge in [0.05, 0.1) is 35.6 Å². The quantitative estimate of drug-likeness (QED) is 0.760. The fourth-order valence-electron chi connectivity index (χ4n) is 3.75. The third kappa shape index (κ3) is 3.65. The predicted molar refractivity (Wildman–Crippen MR) is 102 cm³/mol. The number of benzene rings is 1. The first kappa shape index (κ1) is 17.5. The average Bonchev–Trinajstić information content (AvgIpc) is 3.32. The molecule has 1 aromatic carbocycles. The van der Waals surface area contributed by atoms with Crippen LogP contribution in [0.15, 0.2) is 41.1 Å². The Kier molecular flexibility index (Phi) is 4.79. The molecule has 1 atom stereocenters. The first-order valence-electron chi connectivity index (χ1n) is 9.44. The van der Waals surface area contributed by atoms with Gasteiger partial charge in [-0.15, -0.1) is 0 Å². The highest BCUT2D eigenvalue weighted by atomic mass is 16.5. The third-order valence-corrected chi connectivity index (χ3v) is 5.19. The number of nitrogens with one attached hydrogen (secondary N) is 1. The van der Waals surface area contributed by atoms with E-state index in [0.29, 0.717) is 12.2 Å². The Morgan fingerprint density at radius 2 is 2.07 bits per heavy atom. The van der Waals surface area contributed by atoms with Crippen LogP contribution in [-0.4, -0.2) is 32.7 Å². The Morgan fingerprint density at radius 1 is 1.26 bits per heavy atom. The lowest BCUT2D eigenvalue weighted by Gasteiger charge is -2.35. The lowest BCUT2D eigenvalue weighted by atomic mass is 9.95. The van der Waals surface area contributed by atoms with Gasteiger partial charge in [0, 0.05) is 12.6 Å². The zero-order valence-electron chi connectivity index (χ0n) is 15.7. The topological polar surface area (TPSA) is 75.0 Å². The van der Waals surface area contributed by atoms with Crippen molar-refractivity contribution >= 4 is 5.91 Å². The zero-order valence-corrected chi connectivity index (χ0v) is 15.7. The van der Waals surface area contributed by atoms with E-state index in [1.165, 1.54) is 5.56 Å². The van der Waals surface area contributed by atoms with Crippen LogP contribution in [0.5, 0.6) is 0 Å². The molecule has 3 aromatic rings. The Morgan fingerprint density at radius 3 is 2.81 bits per heavy atom. The van der Waals surface area contributed by atoms with E-state index in [2.05, 4.69) is 34.4 Å². The van der Waals surface area contributed by atoms with Gasteiger partial charge in [0.2, 0.25) is 5.91 Å². The van der Waals surface area contributed by atoms with Crippen LogP contribution in [0.4, 0.5) is 0 Å². The van der Waals surface area contributed by atoms with E-state index in [4.69, 9.17) is 4.52 Å². The molecule has 1 saturated heterocycles. The predicted octanol–water partition coefficient (Wildman–Crippen LogP) is 3.98. The second-order valence-electron chi connectivity index (χ2n) is 7.29. The number of H-pyrrole nitrogens is 1. The van der Waals surface area contributed by atoms with Crippen molar-refractivity contribution in [2.75, 3.05) is 6.54 Å². The molecule has 0 aliphatic carbocycles. The van der Waals surface area contributed by atoms with Gasteiger partial charge in [0.25, 0.3) is 0 Å². The first-order valence-corrected chi connectivity index (χ1v) is 9.44. The number of aryl methyl sites for hydroxylation is 2. The van der Waals surface area contributed by atoms with Gasteiger partial charge >= 0.3 is 0 Å². The minimum absolute atomic E-state index is 0.0143. The lowest BCUT2D eigenvalue weighted by molar-refractivity contribution is -0.134. The summed E-state index contributed by atoms with van der Waals surface area (Å²) in [5, 5.41) is 11.3. The average molecular weight is 364 g/mol. The van der Waals surface area contributed by atoms with Crippen LogP contribution in [0.1, 0.15) is 47.8 Å². The van der Waals surface area contributed by atoms with Gasteiger partial charge in [-0.2, -0.15) is 5.10 Å².